The van der Waals surface area contributed by atoms with E-state index in [2.05, 4.69) is 14.9 Å². The minimum absolute atomic E-state index is 0.255. The first-order valence-electron chi connectivity index (χ1n) is 8.76. The van der Waals surface area contributed by atoms with E-state index in [1.807, 2.05) is 43.3 Å². The summed E-state index contributed by atoms with van der Waals surface area (Å²) >= 11 is 6.04. The number of benzene rings is 3. The molecular weight excluding hydrogens is 374 g/mol. The number of halogens is 1. The number of nitrogens with zero attached hydrogens (tertiary/aromatic N) is 2. The highest BCUT2D eigenvalue weighted by Crippen LogP contribution is 2.28. The van der Waals surface area contributed by atoms with Crippen LogP contribution in [0.15, 0.2) is 66.7 Å². The summed E-state index contributed by atoms with van der Waals surface area (Å²) in [6, 6.07) is 20.6. The number of carbonyl (C=O) groups is 1. The Balaban J connectivity index is 1.69. The molecule has 6 heteroatoms. The lowest BCUT2D eigenvalue weighted by atomic mass is 10.1. The van der Waals surface area contributed by atoms with Gasteiger partial charge in [0.2, 0.25) is 0 Å². The summed E-state index contributed by atoms with van der Waals surface area (Å²) in [5.41, 5.74) is 3.76. The molecule has 4 aromatic rings. The predicted octanol–water partition coefficient (Wildman–Crippen LogP) is 5.25. The fraction of sp³-hybridized carbons (Fsp3) is 0.0909. The maximum Gasteiger partial charge on any atom is 0.255 e. The highest BCUT2D eigenvalue weighted by Gasteiger charge is 2.14. The first-order valence-corrected chi connectivity index (χ1v) is 9.14. The van der Waals surface area contributed by atoms with Crippen molar-refractivity contribution in [3.05, 3.63) is 83.1 Å². The van der Waals surface area contributed by atoms with Crippen LogP contribution in [-0.2, 0) is 0 Å². The minimum atomic E-state index is -0.255. The zero-order valence-electron chi connectivity index (χ0n) is 15.4. The first kappa shape index (κ1) is 18.1. The van der Waals surface area contributed by atoms with Gasteiger partial charge in [0.05, 0.1) is 23.8 Å². The summed E-state index contributed by atoms with van der Waals surface area (Å²) in [7, 11) is 1.55. The molecule has 0 fully saturated rings. The van der Waals surface area contributed by atoms with E-state index in [1.54, 1.807) is 37.4 Å². The average molecular weight is 392 g/mol. The SMILES string of the molecule is COc1ccc(Cl)cc1NC(=O)c1ccc2c(c1)nc(C)n2-c1ccccc1. The van der Waals surface area contributed by atoms with Crippen molar-refractivity contribution in [1.82, 2.24) is 9.55 Å². The molecule has 1 heterocycles. The lowest BCUT2D eigenvalue weighted by Gasteiger charge is -2.11. The van der Waals surface area contributed by atoms with Crippen LogP contribution in [0.5, 0.6) is 5.75 Å². The van der Waals surface area contributed by atoms with Gasteiger partial charge >= 0.3 is 0 Å². The monoisotopic (exact) mass is 391 g/mol. The Morgan fingerprint density at radius 3 is 2.61 bits per heavy atom. The third-order valence-electron chi connectivity index (χ3n) is 4.51. The van der Waals surface area contributed by atoms with Crippen LogP contribution in [0.1, 0.15) is 16.2 Å². The highest BCUT2D eigenvalue weighted by molar-refractivity contribution is 6.31. The molecule has 0 aliphatic heterocycles. The molecule has 1 N–H and O–H groups in total. The molecule has 0 saturated carbocycles. The van der Waals surface area contributed by atoms with Crippen LogP contribution in [0.25, 0.3) is 16.7 Å². The predicted molar refractivity (Wildman–Crippen MR) is 112 cm³/mol. The van der Waals surface area contributed by atoms with Gasteiger partial charge in [-0.15, -0.1) is 0 Å². The van der Waals surface area contributed by atoms with E-state index in [4.69, 9.17) is 16.3 Å². The topological polar surface area (TPSA) is 56.1 Å². The number of rotatable bonds is 4. The van der Waals surface area contributed by atoms with Crippen molar-refractivity contribution >= 4 is 34.2 Å². The van der Waals surface area contributed by atoms with Crippen LogP contribution in [0.4, 0.5) is 5.69 Å². The number of fused-ring (bicyclic) bond motifs is 1. The van der Waals surface area contributed by atoms with E-state index < -0.39 is 0 Å². The van der Waals surface area contributed by atoms with E-state index in [0.29, 0.717) is 22.0 Å². The Labute approximate surface area is 167 Å². The van der Waals surface area contributed by atoms with Gasteiger partial charge in [-0.05, 0) is 55.5 Å². The van der Waals surface area contributed by atoms with E-state index in [9.17, 15) is 4.79 Å². The van der Waals surface area contributed by atoms with Gasteiger partial charge in [-0.1, -0.05) is 29.8 Å². The summed E-state index contributed by atoms with van der Waals surface area (Å²) in [6.07, 6.45) is 0. The Morgan fingerprint density at radius 2 is 1.86 bits per heavy atom. The number of aromatic nitrogens is 2. The van der Waals surface area contributed by atoms with Gasteiger partial charge in [0.15, 0.2) is 0 Å². The van der Waals surface area contributed by atoms with Crippen LogP contribution in [0, 0.1) is 6.92 Å². The van der Waals surface area contributed by atoms with Gasteiger partial charge in [-0.25, -0.2) is 4.98 Å². The van der Waals surface area contributed by atoms with Gasteiger partial charge in [-0.3, -0.25) is 9.36 Å². The van der Waals surface area contributed by atoms with Gasteiger partial charge in [0.1, 0.15) is 11.6 Å². The average Bonchev–Trinajstić information content (AvgIpc) is 3.03. The van der Waals surface area contributed by atoms with E-state index in [-0.39, 0.29) is 5.91 Å². The number of carbonyl (C=O) groups excluding carboxylic acids is 1. The highest BCUT2D eigenvalue weighted by atomic mass is 35.5. The second-order valence-corrected chi connectivity index (χ2v) is 6.77. The molecule has 0 aliphatic rings. The molecule has 0 unspecified atom stereocenters. The first-order chi connectivity index (χ1) is 13.6. The van der Waals surface area contributed by atoms with Crippen molar-refractivity contribution in [2.45, 2.75) is 6.92 Å². The summed E-state index contributed by atoms with van der Waals surface area (Å²) in [5, 5.41) is 3.37. The number of nitrogens with one attached hydrogen (secondary N) is 1. The largest absolute Gasteiger partial charge is 0.495 e. The standard InChI is InChI=1S/C22H18ClN3O2/c1-14-24-18-12-15(8-10-20(18)26(14)17-6-4-3-5-7-17)22(27)25-19-13-16(23)9-11-21(19)28-2/h3-13H,1-2H3,(H,25,27). The van der Waals surface area contributed by atoms with Crippen molar-refractivity contribution in [1.29, 1.82) is 0 Å². The quantitative estimate of drug-likeness (QED) is 0.517. The number of hydrogen-bond donors (Lipinski definition) is 1. The number of ether oxygens (including phenoxy) is 1. The van der Waals surface area contributed by atoms with Crippen LogP contribution in [0.3, 0.4) is 0 Å². The van der Waals surface area contributed by atoms with Crippen LogP contribution in [-0.4, -0.2) is 22.6 Å². The molecular formula is C22H18ClN3O2. The minimum Gasteiger partial charge on any atom is -0.495 e. The van der Waals surface area contributed by atoms with E-state index in [1.165, 1.54) is 0 Å². The fourth-order valence-corrected chi connectivity index (χ4v) is 3.39. The number of para-hydroxylation sites is 1. The molecule has 0 saturated heterocycles. The van der Waals surface area contributed by atoms with Crippen molar-refractivity contribution in [3.63, 3.8) is 0 Å². The molecule has 0 aliphatic carbocycles. The summed E-state index contributed by atoms with van der Waals surface area (Å²) in [5.74, 6) is 1.15. The normalized spacial score (nSPS) is 10.8. The van der Waals surface area contributed by atoms with Crippen molar-refractivity contribution in [2.75, 3.05) is 12.4 Å². The maximum absolute atomic E-state index is 12.8. The van der Waals surface area contributed by atoms with Gasteiger partial charge < -0.3 is 10.1 Å². The number of amides is 1. The Bertz CT molecular complexity index is 1170. The molecule has 4 rings (SSSR count). The smallest absolute Gasteiger partial charge is 0.255 e. The van der Waals surface area contributed by atoms with Gasteiger partial charge in [0.25, 0.3) is 5.91 Å². The summed E-state index contributed by atoms with van der Waals surface area (Å²) in [4.78, 5) is 17.4. The lowest BCUT2D eigenvalue weighted by Crippen LogP contribution is -2.12. The molecule has 1 amide bonds. The van der Waals surface area contributed by atoms with Crippen molar-refractivity contribution in [2.24, 2.45) is 0 Å². The molecule has 3 aromatic carbocycles. The van der Waals surface area contributed by atoms with Crippen molar-refractivity contribution < 1.29 is 9.53 Å². The zero-order chi connectivity index (χ0) is 19.7. The molecule has 5 nitrogen and oxygen atoms in total. The molecule has 1 aromatic heterocycles. The summed E-state index contributed by atoms with van der Waals surface area (Å²) < 4.78 is 7.35. The molecule has 0 bridgehead atoms. The Hall–Kier alpha value is -3.31. The van der Waals surface area contributed by atoms with Crippen LogP contribution < -0.4 is 10.1 Å². The fourth-order valence-electron chi connectivity index (χ4n) is 3.22. The maximum atomic E-state index is 12.8. The second-order valence-electron chi connectivity index (χ2n) is 6.33. The number of hydrogen-bond acceptors (Lipinski definition) is 3. The van der Waals surface area contributed by atoms with E-state index in [0.717, 1.165) is 22.5 Å². The Morgan fingerprint density at radius 1 is 1.07 bits per heavy atom. The second kappa shape index (κ2) is 7.37. The number of aryl methyl sites for hydroxylation is 1. The third-order valence-corrected chi connectivity index (χ3v) is 4.74. The Kier molecular flexibility index (Phi) is 4.75. The van der Waals surface area contributed by atoms with Gasteiger partial charge in [0, 0.05) is 16.3 Å². The summed E-state index contributed by atoms with van der Waals surface area (Å²) in [6.45, 7) is 1.95. The molecule has 0 atom stereocenters. The zero-order valence-corrected chi connectivity index (χ0v) is 16.2. The molecule has 28 heavy (non-hydrogen) atoms. The van der Waals surface area contributed by atoms with Gasteiger partial charge in [-0.2, -0.15) is 0 Å². The van der Waals surface area contributed by atoms with Crippen LogP contribution >= 0.6 is 11.6 Å². The third kappa shape index (κ3) is 3.32. The van der Waals surface area contributed by atoms with Crippen LogP contribution in [0.2, 0.25) is 5.02 Å². The molecule has 0 radical (unpaired) electrons. The van der Waals surface area contributed by atoms with Crippen molar-refractivity contribution in [3.8, 4) is 11.4 Å². The molecule has 140 valence electrons. The number of imidazole rings is 1. The van der Waals surface area contributed by atoms with E-state index >= 15 is 0 Å². The number of methoxy groups -OCH3 is 1. The molecule has 0 spiro atoms. The lowest BCUT2D eigenvalue weighted by molar-refractivity contribution is 0.102. The number of anilines is 1.